The lowest BCUT2D eigenvalue weighted by atomic mass is 10.0. The Bertz CT molecular complexity index is 875. The first-order valence-electron chi connectivity index (χ1n) is 10.7. The van der Waals surface area contributed by atoms with Crippen LogP contribution in [-0.4, -0.2) is 75.3 Å². The van der Waals surface area contributed by atoms with Crippen LogP contribution in [0.2, 0.25) is 0 Å². The van der Waals surface area contributed by atoms with Crippen molar-refractivity contribution in [2.24, 2.45) is 11.7 Å². The molecule has 0 aliphatic rings. The van der Waals surface area contributed by atoms with Gasteiger partial charge < -0.3 is 37.0 Å². The zero-order valence-corrected chi connectivity index (χ0v) is 19.2. The molecule has 0 heterocycles. The fourth-order valence-electron chi connectivity index (χ4n) is 2.93. The zero-order chi connectivity index (χ0) is 26.0. The van der Waals surface area contributed by atoms with E-state index < -0.39 is 66.4 Å². The van der Waals surface area contributed by atoms with Gasteiger partial charge in [0.2, 0.25) is 17.7 Å². The smallest absolute Gasteiger partial charge is 0.326 e. The summed E-state index contributed by atoms with van der Waals surface area (Å²) in [6.07, 6.45) is -2.32. The van der Waals surface area contributed by atoms with E-state index in [0.717, 1.165) is 0 Å². The SMILES string of the molecule is CC(C)C(N)C(=O)NC(CC(=O)O)C(=O)NC(C(=O)NC(Cc1ccccc1)C(=O)O)C(C)O. The van der Waals surface area contributed by atoms with E-state index >= 15 is 0 Å². The summed E-state index contributed by atoms with van der Waals surface area (Å²) < 4.78 is 0. The molecule has 1 aromatic carbocycles. The van der Waals surface area contributed by atoms with E-state index in [-0.39, 0.29) is 12.3 Å². The van der Waals surface area contributed by atoms with Crippen LogP contribution < -0.4 is 21.7 Å². The number of carboxylic acid groups (broad SMARTS) is 2. The van der Waals surface area contributed by atoms with Crippen molar-refractivity contribution >= 4 is 29.7 Å². The monoisotopic (exact) mass is 480 g/mol. The van der Waals surface area contributed by atoms with E-state index in [2.05, 4.69) is 16.0 Å². The second kappa shape index (κ2) is 13.3. The Morgan fingerprint density at radius 2 is 1.41 bits per heavy atom. The number of nitrogens with one attached hydrogen (secondary N) is 3. The van der Waals surface area contributed by atoms with E-state index in [0.29, 0.717) is 5.56 Å². The summed E-state index contributed by atoms with van der Waals surface area (Å²) in [4.78, 5) is 60.5. The molecular weight excluding hydrogens is 448 g/mol. The molecule has 0 saturated heterocycles. The Balaban J connectivity index is 2.98. The number of carboxylic acids is 2. The third kappa shape index (κ3) is 9.16. The molecule has 0 spiro atoms. The first kappa shape index (κ1) is 28.5. The first-order chi connectivity index (χ1) is 15.8. The number of amides is 3. The highest BCUT2D eigenvalue weighted by Gasteiger charge is 2.33. The quantitative estimate of drug-likeness (QED) is 0.177. The van der Waals surface area contributed by atoms with Crippen molar-refractivity contribution in [2.75, 3.05) is 0 Å². The highest BCUT2D eigenvalue weighted by atomic mass is 16.4. The van der Waals surface area contributed by atoms with Gasteiger partial charge >= 0.3 is 11.9 Å². The van der Waals surface area contributed by atoms with E-state index in [1.54, 1.807) is 44.2 Å². The number of rotatable bonds is 13. The summed E-state index contributed by atoms with van der Waals surface area (Å²) in [6, 6.07) is 2.96. The van der Waals surface area contributed by atoms with Gasteiger partial charge in [-0.15, -0.1) is 0 Å². The highest BCUT2D eigenvalue weighted by molar-refractivity contribution is 5.95. The number of aliphatic carboxylic acids is 2. The van der Waals surface area contributed by atoms with Crippen molar-refractivity contribution in [1.82, 2.24) is 16.0 Å². The molecule has 188 valence electrons. The van der Waals surface area contributed by atoms with Crippen LogP contribution in [0.1, 0.15) is 32.8 Å². The molecule has 12 heteroatoms. The average Bonchev–Trinajstić information content (AvgIpc) is 2.75. The van der Waals surface area contributed by atoms with Crippen LogP contribution in [0, 0.1) is 5.92 Å². The Morgan fingerprint density at radius 3 is 1.88 bits per heavy atom. The molecule has 1 aromatic rings. The number of hydrogen-bond acceptors (Lipinski definition) is 7. The standard InChI is InChI=1S/C22H32N4O8/c1-11(2)17(23)20(31)24-14(10-16(28)29)19(30)26-18(12(3)27)21(32)25-15(22(33)34)9-13-7-5-4-6-8-13/h4-8,11-12,14-15,17-18,27H,9-10,23H2,1-3H3,(H,24,31)(H,25,32)(H,26,30)(H,28,29)(H,33,34). The molecule has 5 unspecified atom stereocenters. The van der Waals surface area contributed by atoms with Crippen molar-refractivity contribution < 1.29 is 39.3 Å². The van der Waals surface area contributed by atoms with Gasteiger partial charge in [-0.25, -0.2) is 4.79 Å². The van der Waals surface area contributed by atoms with Crippen LogP contribution in [0.4, 0.5) is 0 Å². The Labute approximate surface area is 196 Å². The van der Waals surface area contributed by atoms with Crippen LogP contribution >= 0.6 is 0 Å². The summed E-state index contributed by atoms with van der Waals surface area (Å²) >= 11 is 0. The zero-order valence-electron chi connectivity index (χ0n) is 19.2. The fourth-order valence-corrected chi connectivity index (χ4v) is 2.93. The Hall–Kier alpha value is -3.51. The lowest BCUT2D eigenvalue weighted by molar-refractivity contribution is -0.144. The molecular formula is C22H32N4O8. The summed E-state index contributed by atoms with van der Waals surface area (Å²) in [5.74, 6) is -5.82. The number of carbonyl (C=O) groups excluding carboxylic acids is 3. The summed E-state index contributed by atoms with van der Waals surface area (Å²) in [7, 11) is 0. The lowest BCUT2D eigenvalue weighted by Gasteiger charge is -2.26. The summed E-state index contributed by atoms with van der Waals surface area (Å²) in [6.45, 7) is 4.52. The van der Waals surface area contributed by atoms with Gasteiger partial charge in [0, 0.05) is 6.42 Å². The summed E-state index contributed by atoms with van der Waals surface area (Å²) in [5, 5.41) is 35.3. The minimum Gasteiger partial charge on any atom is -0.481 e. The van der Waals surface area contributed by atoms with Crippen LogP contribution in [0.15, 0.2) is 30.3 Å². The molecule has 0 fully saturated rings. The maximum atomic E-state index is 12.7. The lowest BCUT2D eigenvalue weighted by Crippen LogP contribution is -2.60. The van der Waals surface area contributed by atoms with Gasteiger partial charge in [-0.1, -0.05) is 44.2 Å². The molecule has 0 bridgehead atoms. The summed E-state index contributed by atoms with van der Waals surface area (Å²) in [5.41, 5.74) is 6.37. The maximum Gasteiger partial charge on any atom is 0.326 e. The molecule has 1 rings (SSSR count). The molecule has 0 aromatic heterocycles. The van der Waals surface area contributed by atoms with Crippen molar-refractivity contribution in [3.63, 3.8) is 0 Å². The van der Waals surface area contributed by atoms with Gasteiger partial charge in [0.25, 0.3) is 0 Å². The number of aliphatic hydroxyl groups excluding tert-OH is 1. The number of carbonyl (C=O) groups is 5. The molecule has 0 saturated carbocycles. The van der Waals surface area contributed by atoms with Crippen LogP contribution in [0.25, 0.3) is 0 Å². The van der Waals surface area contributed by atoms with Crippen LogP contribution in [0.3, 0.4) is 0 Å². The molecule has 5 atom stereocenters. The molecule has 0 radical (unpaired) electrons. The minimum atomic E-state index is -1.61. The Kier molecular flexibility index (Phi) is 11.1. The largest absolute Gasteiger partial charge is 0.481 e. The van der Waals surface area contributed by atoms with E-state index in [9.17, 15) is 34.2 Å². The average molecular weight is 481 g/mol. The second-order valence-electron chi connectivity index (χ2n) is 8.24. The van der Waals surface area contributed by atoms with Gasteiger partial charge in [-0.3, -0.25) is 19.2 Å². The van der Waals surface area contributed by atoms with Crippen molar-refractivity contribution in [1.29, 1.82) is 0 Å². The van der Waals surface area contributed by atoms with Crippen LogP contribution in [-0.2, 0) is 30.4 Å². The van der Waals surface area contributed by atoms with Crippen molar-refractivity contribution in [2.45, 2.75) is 63.9 Å². The number of nitrogens with two attached hydrogens (primary N) is 1. The predicted octanol–water partition coefficient (Wildman–Crippen LogP) is -1.39. The number of aliphatic hydroxyl groups is 1. The topological polar surface area (TPSA) is 208 Å². The Morgan fingerprint density at radius 1 is 0.853 bits per heavy atom. The maximum absolute atomic E-state index is 12.7. The third-order valence-electron chi connectivity index (χ3n) is 4.99. The minimum absolute atomic E-state index is 0.0484. The predicted molar refractivity (Wildman–Crippen MR) is 120 cm³/mol. The van der Waals surface area contributed by atoms with Gasteiger partial charge in [-0.05, 0) is 18.4 Å². The third-order valence-corrected chi connectivity index (χ3v) is 4.99. The number of benzene rings is 1. The van der Waals surface area contributed by atoms with E-state index in [1.807, 2.05) is 0 Å². The number of hydrogen-bond donors (Lipinski definition) is 7. The first-order valence-corrected chi connectivity index (χ1v) is 10.7. The van der Waals surface area contributed by atoms with E-state index in [1.165, 1.54) is 6.92 Å². The van der Waals surface area contributed by atoms with Crippen LogP contribution in [0.5, 0.6) is 0 Å². The molecule has 8 N–H and O–H groups in total. The molecule has 3 amide bonds. The molecule has 0 aliphatic carbocycles. The molecule has 12 nitrogen and oxygen atoms in total. The highest BCUT2D eigenvalue weighted by Crippen LogP contribution is 2.06. The normalized spacial score (nSPS) is 15.4. The van der Waals surface area contributed by atoms with Gasteiger partial charge in [-0.2, -0.15) is 0 Å². The molecule has 0 aliphatic heterocycles. The second-order valence-corrected chi connectivity index (χ2v) is 8.24. The van der Waals surface area contributed by atoms with E-state index in [4.69, 9.17) is 10.8 Å². The van der Waals surface area contributed by atoms with Crippen molar-refractivity contribution in [3.8, 4) is 0 Å². The van der Waals surface area contributed by atoms with Crippen molar-refractivity contribution in [3.05, 3.63) is 35.9 Å². The van der Waals surface area contributed by atoms with Gasteiger partial charge in [0.1, 0.15) is 18.1 Å². The molecule has 34 heavy (non-hydrogen) atoms. The fraction of sp³-hybridized carbons (Fsp3) is 0.500. The van der Waals surface area contributed by atoms with Gasteiger partial charge in [0.15, 0.2) is 0 Å². The van der Waals surface area contributed by atoms with Gasteiger partial charge in [0.05, 0.1) is 18.6 Å².